The third-order valence-corrected chi connectivity index (χ3v) is 11.5. The summed E-state index contributed by atoms with van der Waals surface area (Å²) in [6.45, 7) is 26.2. The average molecular weight is 1390 g/mol. The summed E-state index contributed by atoms with van der Waals surface area (Å²) in [5.41, 5.74) is 16.1. The summed E-state index contributed by atoms with van der Waals surface area (Å²) in [7, 11) is 4.12. The summed E-state index contributed by atoms with van der Waals surface area (Å²) < 4.78 is 20.4. The lowest BCUT2D eigenvalue weighted by Crippen LogP contribution is -2.49. The molecule has 33 heteroatoms. The van der Waals surface area contributed by atoms with Crippen LogP contribution in [0.15, 0.2) is 94.9 Å². The Morgan fingerprint density at radius 2 is 1.09 bits per heavy atom. The lowest BCUT2D eigenvalue weighted by molar-refractivity contribution is -0.156. The minimum Gasteiger partial charge on any atom is -0.480 e. The predicted octanol–water partition coefficient (Wildman–Crippen LogP) is 3.68. The van der Waals surface area contributed by atoms with E-state index in [0.717, 1.165) is 48.6 Å². The molecule has 546 valence electrons. The molecule has 0 radical (unpaired) electrons. The van der Waals surface area contributed by atoms with Gasteiger partial charge in [0.15, 0.2) is 0 Å². The summed E-state index contributed by atoms with van der Waals surface area (Å²) in [4.78, 5) is 127. The number of aliphatic carboxylic acids is 1. The Morgan fingerprint density at radius 1 is 0.649 bits per heavy atom. The largest absolute Gasteiger partial charge is 0.480 e. The number of nitrogens with zero attached hydrogens (tertiary/aromatic N) is 7. The summed E-state index contributed by atoms with van der Waals surface area (Å²) in [5, 5.41) is 36.6. The number of ether oxygens (including phenoxy) is 4. The summed E-state index contributed by atoms with van der Waals surface area (Å²) in [5.74, 6) is -5.35. The number of hydrogen-bond donors (Lipinski definition) is 10. The van der Waals surface area contributed by atoms with Gasteiger partial charge in [-0.25, -0.2) is 24.4 Å². The first kappa shape index (κ1) is 94.1. The van der Waals surface area contributed by atoms with Gasteiger partial charge in [0.25, 0.3) is 0 Å². The van der Waals surface area contributed by atoms with Crippen molar-refractivity contribution in [3.8, 4) is 0 Å². The van der Waals surface area contributed by atoms with E-state index >= 15 is 0 Å². The standard InChI is InChI=1S/C21H30N4O7.C17H23NO6.C8H17N3.C8H19N.C6H5N3O.C4H9N3O2.ClH.H2O/c1-21(2,3)32-18(28)10-9-15(19(29)24-12-17(27)23-11-16(22)26)25-20(30)31-13-14-7-5-4-6-8-14;1-17(2,3)24-14(19)10-9-13(15(20)21)18-16(22)23-11-12-7-5-4-6-8-12;1-4-9-8-10-6-5-7-11(2)3;1-6-9(7(2)3)8(4)5;10-9-6-4-2-1-3-5(6)7-8-9;5-1-4(9)7-2-3(6)8;;/h4-8,15H,9-13H2,1-3H3,(H2,22,26)(H,23,27)(H,24,29)(H,25,30);4-8,13H,9-11H2,1-3H3,(H,18,22)(H,20,21);4-7H2,1-3H3;7-8H,6H2,1-5H3;1-4,10H;1-2,5H2,(H2,6,8)(H,7,9);1H;1H2. The zero-order chi connectivity index (χ0) is 72.5. The fourth-order valence-electron chi connectivity index (χ4n) is 7.27. The molecule has 97 heavy (non-hydrogen) atoms. The molecule has 1 aromatic heterocycles. The smallest absolute Gasteiger partial charge is 0.408 e. The van der Waals surface area contributed by atoms with Gasteiger partial charge in [-0.15, -0.1) is 17.5 Å². The Balaban J connectivity index is -0.000000579. The first-order valence-corrected chi connectivity index (χ1v) is 30.7. The number of esters is 2. The van der Waals surface area contributed by atoms with E-state index in [9.17, 15) is 47.9 Å². The summed E-state index contributed by atoms with van der Waals surface area (Å²) in [6, 6.07) is 26.8. The van der Waals surface area contributed by atoms with Crippen LogP contribution in [0.25, 0.3) is 11.0 Å². The highest BCUT2D eigenvalue weighted by molar-refractivity contribution is 5.91. The normalized spacial score (nSPS) is 10.9. The van der Waals surface area contributed by atoms with Crippen molar-refractivity contribution in [2.45, 2.75) is 164 Å². The van der Waals surface area contributed by atoms with E-state index in [1.54, 1.807) is 102 Å². The molecular weight excluding hydrogens is 1290 g/mol. The van der Waals surface area contributed by atoms with Crippen molar-refractivity contribution in [2.75, 3.05) is 66.5 Å². The highest BCUT2D eigenvalue weighted by atomic mass is 35.5. The first-order chi connectivity index (χ1) is 44.5. The average Bonchev–Trinajstić information content (AvgIpc) is 1.75. The number of carboxylic acid groups (broad SMARTS) is 1. The van der Waals surface area contributed by atoms with E-state index in [1.165, 1.54) is 0 Å². The van der Waals surface area contributed by atoms with Crippen molar-refractivity contribution in [3.05, 3.63) is 96.1 Å². The molecule has 4 aromatic rings. The number of amides is 7. The first-order valence-electron chi connectivity index (χ1n) is 30.7. The number of para-hydroxylation sites is 1. The molecule has 0 fully saturated rings. The van der Waals surface area contributed by atoms with E-state index in [4.69, 9.17) is 46.5 Å². The molecule has 2 unspecified atom stereocenters. The van der Waals surface area contributed by atoms with Crippen LogP contribution in [0.1, 0.15) is 126 Å². The van der Waals surface area contributed by atoms with Crippen molar-refractivity contribution >= 4 is 89.1 Å². The monoisotopic (exact) mass is 1390 g/mol. The number of nitrogens with two attached hydrogens (primary N) is 3. The van der Waals surface area contributed by atoms with Crippen molar-refractivity contribution in [3.63, 3.8) is 0 Å². The molecule has 4 rings (SSSR count). The zero-order valence-corrected chi connectivity index (χ0v) is 59.2. The van der Waals surface area contributed by atoms with E-state index in [1.807, 2.05) is 31.2 Å². The second-order valence-electron chi connectivity index (χ2n) is 23.1. The molecule has 3 aromatic carbocycles. The number of carbonyl (C=O) groups is 10. The van der Waals surface area contributed by atoms with Gasteiger partial charge in [0.1, 0.15) is 47.5 Å². The lowest BCUT2D eigenvalue weighted by atomic mass is 10.1. The highest BCUT2D eigenvalue weighted by Crippen LogP contribution is 2.13. The molecular formula is C64H106ClN15O17. The number of aromatic nitrogens is 3. The van der Waals surface area contributed by atoms with Crippen LogP contribution in [0.4, 0.5) is 9.59 Å². The number of hydrogen-bond acceptors (Lipinski definition) is 22. The fraction of sp³-hybridized carbons (Fsp3) is 0.547. The number of fused-ring (bicyclic) bond motifs is 1. The number of nitrogens with one attached hydrogen (secondary N) is 5. The van der Waals surface area contributed by atoms with Crippen LogP contribution in [0.3, 0.4) is 0 Å². The van der Waals surface area contributed by atoms with Gasteiger partial charge in [0, 0.05) is 31.5 Å². The number of benzene rings is 3. The maximum Gasteiger partial charge on any atom is 0.408 e. The fourth-order valence-corrected chi connectivity index (χ4v) is 7.27. The Bertz CT molecular complexity index is 2970. The lowest BCUT2D eigenvalue weighted by Gasteiger charge is -2.28. The number of aliphatic imine (C=N–C) groups is 2. The third-order valence-electron chi connectivity index (χ3n) is 11.5. The van der Waals surface area contributed by atoms with E-state index < -0.39 is 83.6 Å². The van der Waals surface area contributed by atoms with Gasteiger partial charge in [0.2, 0.25) is 29.5 Å². The van der Waals surface area contributed by atoms with Crippen LogP contribution in [0.2, 0.25) is 0 Å². The topological polar surface area (TPSA) is 480 Å². The maximum atomic E-state index is 12.5. The molecule has 0 aliphatic carbocycles. The zero-order valence-electron chi connectivity index (χ0n) is 58.4. The quantitative estimate of drug-likeness (QED) is 0.0122. The number of alkyl carbamates (subject to hydrolysis) is 2. The minimum absolute atomic E-state index is 0. The SMILES string of the molecule is CC(C)(C)OC(=O)CCC(NC(=O)OCc1ccccc1)C(=O)NCC(=O)NCC(N)=O.CC(C)(C)OC(=O)CCC(NC(=O)OCc1ccccc1)C(=O)O.CCN(C(C)C)C(C)C.CCN=C=NCCCN(C)C.Cl.NCC(=O)NCC(N)=O.O.On1nnc2ccccc21. The van der Waals surface area contributed by atoms with Gasteiger partial charge in [-0.1, -0.05) is 84.6 Å². The van der Waals surface area contributed by atoms with Gasteiger partial charge in [0.05, 0.1) is 38.7 Å². The molecule has 15 N–H and O–H groups in total. The molecule has 0 spiro atoms. The van der Waals surface area contributed by atoms with Crippen LogP contribution in [0.5, 0.6) is 0 Å². The molecule has 0 bridgehead atoms. The highest BCUT2D eigenvalue weighted by Gasteiger charge is 2.26. The summed E-state index contributed by atoms with van der Waals surface area (Å²) in [6.07, 6.45) is -1.06. The molecule has 0 aliphatic heterocycles. The van der Waals surface area contributed by atoms with Crippen LogP contribution in [0, 0.1) is 0 Å². The predicted molar refractivity (Wildman–Crippen MR) is 368 cm³/mol. The van der Waals surface area contributed by atoms with Crippen molar-refractivity contribution in [1.29, 1.82) is 0 Å². The van der Waals surface area contributed by atoms with Gasteiger partial charge in [-0.2, -0.15) is 0 Å². The second kappa shape index (κ2) is 53.9. The minimum atomic E-state index is -1.24. The molecule has 1 heterocycles. The van der Waals surface area contributed by atoms with Crippen LogP contribution < -0.4 is 43.8 Å². The Morgan fingerprint density at radius 3 is 1.48 bits per heavy atom. The molecule has 32 nitrogen and oxygen atoms in total. The molecule has 7 amide bonds. The Kier molecular flexibility index (Phi) is 52.2. The maximum absolute atomic E-state index is 12.5. The summed E-state index contributed by atoms with van der Waals surface area (Å²) >= 11 is 0. The van der Waals surface area contributed by atoms with Crippen LogP contribution >= 0.6 is 12.4 Å². The van der Waals surface area contributed by atoms with Crippen LogP contribution in [-0.4, -0.2) is 208 Å². The number of halogens is 1. The van der Waals surface area contributed by atoms with Crippen molar-refractivity contribution < 1.29 is 82.7 Å². The van der Waals surface area contributed by atoms with E-state index in [-0.39, 0.29) is 82.3 Å². The number of carbonyl (C=O) groups excluding carboxylic acids is 9. The number of carboxylic acids is 1. The van der Waals surface area contributed by atoms with E-state index in [2.05, 4.69) is 111 Å². The third kappa shape index (κ3) is 53.6. The van der Waals surface area contributed by atoms with Crippen molar-refractivity contribution in [2.24, 2.45) is 27.2 Å². The number of primary amides is 2. The Labute approximate surface area is 574 Å². The Hall–Kier alpha value is -9.33. The molecule has 0 saturated heterocycles. The van der Waals surface area contributed by atoms with Gasteiger partial charge >= 0.3 is 30.1 Å². The van der Waals surface area contributed by atoms with Gasteiger partial charge in [-0.05, 0) is 151 Å². The van der Waals surface area contributed by atoms with Crippen LogP contribution in [-0.2, 0) is 70.5 Å². The molecule has 0 saturated carbocycles. The van der Waals surface area contributed by atoms with Gasteiger partial charge < -0.3 is 83.4 Å². The molecule has 2 atom stereocenters. The molecule has 0 aliphatic rings. The van der Waals surface area contributed by atoms with Gasteiger partial charge in [-0.3, -0.25) is 38.5 Å². The second-order valence-corrected chi connectivity index (χ2v) is 23.1. The number of rotatable bonds is 29. The van der Waals surface area contributed by atoms with E-state index in [0.29, 0.717) is 23.1 Å². The van der Waals surface area contributed by atoms with Crippen molar-refractivity contribution in [1.82, 2.24) is 51.5 Å².